The third kappa shape index (κ3) is 3.59. The normalized spacial score (nSPS) is 14.6. The van der Waals surface area contributed by atoms with Crippen LogP contribution >= 0.6 is 12.6 Å². The second kappa shape index (κ2) is 3.93. The number of rotatable bonds is 2. The van der Waals surface area contributed by atoms with Gasteiger partial charge in [-0.3, -0.25) is 0 Å². The lowest BCUT2D eigenvalue weighted by molar-refractivity contribution is -0.474. The molecule has 0 amide bonds. The highest BCUT2D eigenvalue weighted by Gasteiger charge is 1.89. The Kier molecular flexibility index (Phi) is 3.80. The van der Waals surface area contributed by atoms with E-state index in [1.165, 1.54) is 0 Å². The molecule has 7 heavy (non-hydrogen) atoms. The van der Waals surface area contributed by atoms with E-state index in [0.717, 1.165) is 0 Å². The summed E-state index contributed by atoms with van der Waals surface area (Å²) in [6.45, 7) is 5.47. The molecule has 0 aliphatic carbocycles. The summed E-state index contributed by atoms with van der Waals surface area (Å²) in [5.74, 6) is 0. The quantitative estimate of drug-likeness (QED) is 0.360. The van der Waals surface area contributed by atoms with Gasteiger partial charge in [0.1, 0.15) is 6.72 Å². The van der Waals surface area contributed by atoms with Gasteiger partial charge in [-0.15, -0.1) is 0 Å². The van der Waals surface area contributed by atoms with Crippen molar-refractivity contribution in [3.05, 3.63) is 11.5 Å². The molecule has 0 heterocycles. The highest BCUT2D eigenvalue weighted by atomic mass is 32.1. The van der Waals surface area contributed by atoms with Crippen LogP contribution in [-0.4, -0.2) is 12.8 Å². The second-order valence-electron chi connectivity index (χ2n) is 1.33. The molecule has 0 aromatic carbocycles. The fourth-order valence-corrected chi connectivity index (χ4v) is 0.455. The van der Waals surface area contributed by atoms with Crippen LogP contribution in [0.4, 0.5) is 0 Å². The summed E-state index contributed by atoms with van der Waals surface area (Å²) in [5.41, 5.74) is 0. The minimum Gasteiger partial charge on any atom is -0.248 e. The Morgan fingerprint density at radius 1 is 1.86 bits per heavy atom. The predicted molar refractivity (Wildman–Crippen MR) is 35.7 cm³/mol. The van der Waals surface area contributed by atoms with Crippen LogP contribution in [0.25, 0.3) is 0 Å². The van der Waals surface area contributed by atoms with E-state index < -0.39 is 0 Å². The van der Waals surface area contributed by atoms with Gasteiger partial charge in [0, 0.05) is 6.92 Å². The maximum Gasteiger partial charge on any atom is 0.166 e. The average Bonchev–Trinajstić information content (AvgIpc) is 1.68. The van der Waals surface area contributed by atoms with Crippen molar-refractivity contribution in [3.8, 4) is 0 Å². The van der Waals surface area contributed by atoms with E-state index in [2.05, 4.69) is 24.3 Å². The maximum absolute atomic E-state index is 3.87. The van der Waals surface area contributed by atoms with Crippen LogP contribution in [0.2, 0.25) is 0 Å². The van der Waals surface area contributed by atoms with Gasteiger partial charge in [-0.2, -0.15) is 12.6 Å². The zero-order valence-corrected chi connectivity index (χ0v) is 5.28. The van der Waals surface area contributed by atoms with E-state index in [1.54, 1.807) is 5.41 Å². The largest absolute Gasteiger partial charge is 0.248 e. The molecule has 0 spiro atoms. The minimum absolute atomic E-state index is 0.331. The molecule has 0 aliphatic heterocycles. The first-order valence-corrected chi connectivity index (χ1v) is 2.66. The summed E-state index contributed by atoms with van der Waals surface area (Å²) in [6, 6.07) is 0.331. The first-order chi connectivity index (χ1) is 3.31. The summed E-state index contributed by atoms with van der Waals surface area (Å²) in [4.78, 5) is 2.78. The molecule has 0 aromatic rings. The Bertz CT molecular complexity index is 78.1. The fraction of sp³-hybridized carbons (Fsp3) is 0.400. The van der Waals surface area contributed by atoms with Gasteiger partial charge in [-0.1, -0.05) is 0 Å². The molecule has 0 rings (SSSR count). The van der Waals surface area contributed by atoms with Crippen LogP contribution < -0.4 is 4.99 Å². The van der Waals surface area contributed by atoms with Gasteiger partial charge in [-0.25, -0.2) is 4.99 Å². The number of thiol groups is 1. The van der Waals surface area contributed by atoms with Gasteiger partial charge in [0.15, 0.2) is 6.04 Å². The van der Waals surface area contributed by atoms with Gasteiger partial charge in [0.05, 0.1) is 0 Å². The molecule has 0 fully saturated rings. The Morgan fingerprint density at radius 2 is 2.43 bits per heavy atom. The molecule has 0 saturated carbocycles. The summed E-state index contributed by atoms with van der Waals surface area (Å²) < 4.78 is 0. The molecule has 0 saturated heterocycles. The van der Waals surface area contributed by atoms with Crippen molar-refractivity contribution in [2.24, 2.45) is 0 Å². The van der Waals surface area contributed by atoms with E-state index >= 15 is 0 Å². The molecule has 0 aromatic heterocycles. The fourth-order valence-electron chi connectivity index (χ4n) is 0.197. The third-order valence-corrected chi connectivity index (χ3v) is 0.869. The van der Waals surface area contributed by atoms with Gasteiger partial charge < -0.3 is 0 Å². The van der Waals surface area contributed by atoms with E-state index in [1.807, 2.05) is 13.0 Å². The van der Waals surface area contributed by atoms with Crippen LogP contribution in [0, 0.1) is 0 Å². The van der Waals surface area contributed by atoms with Crippen molar-refractivity contribution in [3.63, 3.8) is 0 Å². The molecule has 1 unspecified atom stereocenters. The number of hydrogen-bond donors (Lipinski definition) is 2. The molecule has 2 heteroatoms. The molecule has 0 radical (unpaired) electrons. The molecular weight excluding hydrogens is 106 g/mol. The highest BCUT2D eigenvalue weighted by molar-refractivity contribution is 7.83. The standard InChI is InChI=1S/C5H9NS/c1-5(6-2)3-4-7/h3-5,7H,2H2,1H3/p+1/b4-3-. The van der Waals surface area contributed by atoms with E-state index in [-0.39, 0.29) is 0 Å². The zero-order chi connectivity index (χ0) is 5.70. The van der Waals surface area contributed by atoms with Crippen molar-refractivity contribution in [1.82, 2.24) is 0 Å². The Balaban J connectivity index is 3.35. The van der Waals surface area contributed by atoms with Gasteiger partial charge >= 0.3 is 0 Å². The smallest absolute Gasteiger partial charge is 0.166 e. The lowest BCUT2D eigenvalue weighted by Gasteiger charge is -1.84. The predicted octanol–water partition coefficient (Wildman–Crippen LogP) is -0.400. The maximum atomic E-state index is 3.87. The van der Waals surface area contributed by atoms with Crippen LogP contribution in [0.1, 0.15) is 6.92 Å². The van der Waals surface area contributed by atoms with Gasteiger partial charge in [0.25, 0.3) is 0 Å². The van der Waals surface area contributed by atoms with Crippen LogP contribution in [0.5, 0.6) is 0 Å². The Hall–Kier alpha value is -0.240. The SMILES string of the molecule is C=[NH+]C(C)/C=C\S. The summed E-state index contributed by atoms with van der Waals surface area (Å²) in [6.07, 6.45) is 1.91. The molecular formula is C5H10NS+. The minimum atomic E-state index is 0.331. The van der Waals surface area contributed by atoms with Crippen molar-refractivity contribution in [2.45, 2.75) is 13.0 Å². The number of nitrogens with one attached hydrogen (secondary N) is 1. The zero-order valence-electron chi connectivity index (χ0n) is 4.39. The molecule has 0 bridgehead atoms. The van der Waals surface area contributed by atoms with Crippen molar-refractivity contribution < 1.29 is 4.99 Å². The molecule has 1 N–H and O–H groups in total. The number of hydrogen-bond acceptors (Lipinski definition) is 1. The molecule has 1 atom stereocenters. The van der Waals surface area contributed by atoms with Gasteiger partial charge in [0.2, 0.25) is 0 Å². The second-order valence-corrected chi connectivity index (χ2v) is 1.63. The average molecular weight is 116 g/mol. The van der Waals surface area contributed by atoms with Crippen LogP contribution in [0.3, 0.4) is 0 Å². The lowest BCUT2D eigenvalue weighted by Crippen LogP contribution is -2.71. The molecule has 40 valence electrons. The van der Waals surface area contributed by atoms with Gasteiger partial charge in [-0.05, 0) is 11.5 Å². The van der Waals surface area contributed by atoms with E-state index in [0.29, 0.717) is 6.04 Å². The van der Waals surface area contributed by atoms with Crippen molar-refractivity contribution in [1.29, 1.82) is 0 Å². The summed E-state index contributed by atoms with van der Waals surface area (Å²) >= 11 is 3.87. The molecule has 0 aliphatic rings. The molecule has 1 nitrogen and oxygen atoms in total. The first-order valence-electron chi connectivity index (χ1n) is 2.14. The van der Waals surface area contributed by atoms with Crippen LogP contribution in [0.15, 0.2) is 11.5 Å². The third-order valence-electron chi connectivity index (χ3n) is 0.697. The topological polar surface area (TPSA) is 14.0 Å². The van der Waals surface area contributed by atoms with E-state index in [4.69, 9.17) is 0 Å². The van der Waals surface area contributed by atoms with Crippen LogP contribution in [-0.2, 0) is 0 Å². The summed E-state index contributed by atoms with van der Waals surface area (Å²) in [5, 5.41) is 1.70. The first kappa shape index (κ1) is 6.76. The van der Waals surface area contributed by atoms with E-state index in [9.17, 15) is 0 Å². The summed E-state index contributed by atoms with van der Waals surface area (Å²) in [7, 11) is 0. The monoisotopic (exact) mass is 116 g/mol. The van der Waals surface area contributed by atoms with Crippen molar-refractivity contribution in [2.75, 3.05) is 0 Å². The highest BCUT2D eigenvalue weighted by Crippen LogP contribution is 1.77. The van der Waals surface area contributed by atoms with Crippen molar-refractivity contribution >= 4 is 19.3 Å². The lowest BCUT2D eigenvalue weighted by atomic mass is 10.4. The Labute approximate surface area is 49.6 Å². The Morgan fingerprint density at radius 3 is 2.57 bits per heavy atom.